The number of rotatable bonds is 4. The minimum absolute atomic E-state index is 0.198. The van der Waals surface area contributed by atoms with Gasteiger partial charge in [-0.15, -0.1) is 0 Å². The molecule has 3 heterocycles. The van der Waals surface area contributed by atoms with Gasteiger partial charge in [-0.05, 0) is 35.9 Å². The molecule has 0 fully saturated rings. The molecule has 35 heavy (non-hydrogen) atoms. The van der Waals surface area contributed by atoms with E-state index >= 15 is 0 Å². The number of carbonyl (C=O) groups is 1. The van der Waals surface area contributed by atoms with Gasteiger partial charge in [0.2, 0.25) is 5.95 Å². The van der Waals surface area contributed by atoms with Crippen LogP contribution in [0.5, 0.6) is 0 Å². The zero-order chi connectivity index (χ0) is 24.7. The first-order valence-electron chi connectivity index (χ1n) is 10.5. The fraction of sp³-hybridized carbons (Fsp3) is 0.120. The summed E-state index contributed by atoms with van der Waals surface area (Å²) in [5, 5.41) is 0. The molecule has 0 aliphatic carbocycles. The summed E-state index contributed by atoms with van der Waals surface area (Å²) in [6, 6.07) is 13.9. The summed E-state index contributed by atoms with van der Waals surface area (Å²) in [6.07, 6.45) is -1.75. The average Bonchev–Trinajstić information content (AvgIpc) is 2.84. The highest BCUT2D eigenvalue weighted by Crippen LogP contribution is 2.35. The SMILES string of the molecule is O=C(CN1c2ccccc2Cn2c1nc(-c1ccncc1)cc2=O)c1ccc(C(F)(F)F)c(F)c1. The molecular weight excluding hydrogens is 464 g/mol. The van der Waals surface area contributed by atoms with Crippen molar-refractivity contribution >= 4 is 17.4 Å². The lowest BCUT2D eigenvalue weighted by atomic mass is 10.0. The summed E-state index contributed by atoms with van der Waals surface area (Å²) >= 11 is 0. The Bertz CT molecular complexity index is 1500. The van der Waals surface area contributed by atoms with Crippen molar-refractivity contribution in [1.82, 2.24) is 14.5 Å². The second kappa shape index (κ2) is 8.46. The number of nitrogens with zero attached hydrogens (tertiary/aromatic N) is 4. The largest absolute Gasteiger partial charge is 0.419 e. The molecule has 10 heteroatoms. The number of halogens is 4. The maximum Gasteiger partial charge on any atom is 0.419 e. The number of pyridine rings is 1. The van der Waals surface area contributed by atoms with Crippen LogP contribution in [0.3, 0.4) is 0 Å². The van der Waals surface area contributed by atoms with E-state index in [0.29, 0.717) is 29.1 Å². The quantitative estimate of drug-likeness (QED) is 0.309. The van der Waals surface area contributed by atoms with E-state index < -0.39 is 23.3 Å². The predicted molar refractivity (Wildman–Crippen MR) is 120 cm³/mol. The van der Waals surface area contributed by atoms with Crippen molar-refractivity contribution in [3.63, 3.8) is 0 Å². The molecule has 0 atom stereocenters. The van der Waals surface area contributed by atoms with Gasteiger partial charge < -0.3 is 4.90 Å². The molecule has 0 saturated carbocycles. The van der Waals surface area contributed by atoms with Crippen LogP contribution >= 0.6 is 0 Å². The Balaban J connectivity index is 1.58. The molecule has 0 spiro atoms. The summed E-state index contributed by atoms with van der Waals surface area (Å²) in [5.74, 6) is -1.97. The summed E-state index contributed by atoms with van der Waals surface area (Å²) in [6.45, 7) is -0.137. The lowest BCUT2D eigenvalue weighted by Gasteiger charge is -2.32. The minimum atomic E-state index is -4.87. The highest BCUT2D eigenvalue weighted by molar-refractivity contribution is 6.00. The van der Waals surface area contributed by atoms with Crippen LogP contribution in [0.1, 0.15) is 21.5 Å². The molecule has 0 unspecified atom stereocenters. The summed E-state index contributed by atoms with van der Waals surface area (Å²) in [5.41, 5.74) is 0.389. The van der Waals surface area contributed by atoms with Crippen LogP contribution in [0.15, 0.2) is 77.9 Å². The molecule has 0 bridgehead atoms. The molecule has 4 aromatic rings. The van der Waals surface area contributed by atoms with E-state index in [1.807, 2.05) is 0 Å². The van der Waals surface area contributed by atoms with Crippen molar-refractivity contribution in [2.45, 2.75) is 12.7 Å². The third-order valence-corrected chi connectivity index (χ3v) is 5.71. The van der Waals surface area contributed by atoms with Crippen LogP contribution in [-0.2, 0) is 12.7 Å². The third kappa shape index (κ3) is 4.18. The van der Waals surface area contributed by atoms with Crippen molar-refractivity contribution in [3.8, 4) is 11.3 Å². The van der Waals surface area contributed by atoms with Crippen molar-refractivity contribution in [1.29, 1.82) is 0 Å². The van der Waals surface area contributed by atoms with Crippen LogP contribution in [0.2, 0.25) is 0 Å². The Morgan fingerprint density at radius 2 is 1.74 bits per heavy atom. The molecule has 1 aliphatic rings. The summed E-state index contributed by atoms with van der Waals surface area (Å²) < 4.78 is 54.3. The zero-order valence-electron chi connectivity index (χ0n) is 18.0. The van der Waals surface area contributed by atoms with Gasteiger partial charge in [-0.1, -0.05) is 24.3 Å². The number of aromatic nitrogens is 3. The molecule has 0 amide bonds. The van der Waals surface area contributed by atoms with E-state index in [9.17, 15) is 27.2 Å². The van der Waals surface area contributed by atoms with Gasteiger partial charge in [-0.2, -0.15) is 13.2 Å². The summed E-state index contributed by atoms with van der Waals surface area (Å²) in [7, 11) is 0. The molecule has 1 aliphatic heterocycles. The minimum Gasteiger partial charge on any atom is -0.304 e. The van der Waals surface area contributed by atoms with Crippen molar-refractivity contribution in [2.24, 2.45) is 0 Å². The number of hydrogen-bond acceptors (Lipinski definition) is 5. The van der Waals surface area contributed by atoms with E-state index in [4.69, 9.17) is 0 Å². The van der Waals surface area contributed by atoms with Gasteiger partial charge in [0, 0.05) is 35.3 Å². The number of para-hydroxylation sites is 1. The molecule has 6 nitrogen and oxygen atoms in total. The number of benzene rings is 2. The Kier molecular flexibility index (Phi) is 5.43. The van der Waals surface area contributed by atoms with Crippen molar-refractivity contribution in [2.75, 3.05) is 11.4 Å². The Hall–Kier alpha value is -4.34. The second-order valence-electron chi connectivity index (χ2n) is 7.93. The van der Waals surface area contributed by atoms with E-state index in [-0.39, 0.29) is 30.2 Å². The summed E-state index contributed by atoms with van der Waals surface area (Å²) in [4.78, 5) is 36.2. The first kappa shape index (κ1) is 22.5. The number of alkyl halides is 3. The standard InChI is InChI=1S/C25H16F4N4O2/c26-19-11-16(5-6-18(19)25(27,28)29)22(34)14-32-21-4-2-1-3-17(21)13-33-23(35)12-20(31-24(32)33)15-7-9-30-10-8-15/h1-12H,13-14H2. The number of Topliss-reactive ketones (excluding diaryl/α,β-unsaturated/α-hetero) is 1. The van der Waals surface area contributed by atoms with Crippen LogP contribution in [0.25, 0.3) is 11.3 Å². The van der Waals surface area contributed by atoms with Gasteiger partial charge in [0.1, 0.15) is 5.82 Å². The number of carbonyl (C=O) groups excluding carboxylic acids is 1. The first-order valence-corrected chi connectivity index (χ1v) is 10.5. The molecule has 2 aromatic heterocycles. The third-order valence-electron chi connectivity index (χ3n) is 5.71. The number of anilines is 2. The highest BCUT2D eigenvalue weighted by Gasteiger charge is 2.34. The zero-order valence-corrected chi connectivity index (χ0v) is 18.0. The normalized spacial score (nSPS) is 12.7. The fourth-order valence-electron chi connectivity index (χ4n) is 4.01. The molecule has 0 saturated heterocycles. The van der Waals surface area contributed by atoms with Gasteiger partial charge in [-0.3, -0.25) is 19.1 Å². The van der Waals surface area contributed by atoms with Crippen LogP contribution < -0.4 is 10.5 Å². The topological polar surface area (TPSA) is 68.1 Å². The molecule has 2 aromatic carbocycles. The molecular formula is C25H16F4N4O2. The van der Waals surface area contributed by atoms with Gasteiger partial charge in [0.05, 0.1) is 24.3 Å². The molecule has 0 N–H and O–H groups in total. The Morgan fingerprint density at radius 1 is 1.00 bits per heavy atom. The maximum atomic E-state index is 14.1. The number of hydrogen-bond donors (Lipinski definition) is 0. The fourth-order valence-corrected chi connectivity index (χ4v) is 4.01. The van der Waals surface area contributed by atoms with Crippen LogP contribution in [0.4, 0.5) is 29.2 Å². The Labute approximate surface area is 196 Å². The van der Waals surface area contributed by atoms with Gasteiger partial charge in [0.25, 0.3) is 5.56 Å². The predicted octanol–water partition coefficient (Wildman–Crippen LogP) is 4.85. The first-order chi connectivity index (χ1) is 16.7. The van der Waals surface area contributed by atoms with Crippen molar-refractivity contribution < 1.29 is 22.4 Å². The van der Waals surface area contributed by atoms with E-state index in [1.54, 1.807) is 48.8 Å². The van der Waals surface area contributed by atoms with E-state index in [0.717, 1.165) is 11.6 Å². The average molecular weight is 480 g/mol. The Morgan fingerprint density at radius 3 is 2.46 bits per heavy atom. The second-order valence-corrected chi connectivity index (χ2v) is 7.93. The molecule has 5 rings (SSSR count). The molecule has 176 valence electrons. The lowest BCUT2D eigenvalue weighted by Crippen LogP contribution is -2.37. The smallest absolute Gasteiger partial charge is 0.304 e. The lowest BCUT2D eigenvalue weighted by molar-refractivity contribution is -0.140. The van der Waals surface area contributed by atoms with Gasteiger partial charge in [0.15, 0.2) is 5.78 Å². The maximum absolute atomic E-state index is 14.1. The van der Waals surface area contributed by atoms with Gasteiger partial charge >= 0.3 is 6.18 Å². The van der Waals surface area contributed by atoms with Gasteiger partial charge in [-0.25, -0.2) is 9.37 Å². The number of fused-ring (bicyclic) bond motifs is 2. The van der Waals surface area contributed by atoms with Crippen molar-refractivity contribution in [3.05, 3.63) is 106 Å². The monoisotopic (exact) mass is 480 g/mol. The molecule has 0 radical (unpaired) electrons. The van der Waals surface area contributed by atoms with E-state index in [1.165, 1.54) is 15.5 Å². The van der Waals surface area contributed by atoms with Crippen LogP contribution in [0, 0.1) is 5.82 Å². The van der Waals surface area contributed by atoms with Crippen LogP contribution in [-0.4, -0.2) is 26.9 Å². The highest BCUT2D eigenvalue weighted by atomic mass is 19.4. The number of ketones is 1. The van der Waals surface area contributed by atoms with E-state index in [2.05, 4.69) is 9.97 Å².